The van der Waals surface area contributed by atoms with Crippen molar-refractivity contribution in [1.82, 2.24) is 10.3 Å². The van der Waals surface area contributed by atoms with E-state index in [1.807, 2.05) is 13.0 Å². The standard InChI is InChI=1S/C15H16FN3O/c1-2-17-15(20)14-9-13(6-7-18-14)19-10-11-4-3-5-12(16)8-11/h3-9H,2,10H2,1H3,(H,17,20)(H,18,19). The zero-order chi connectivity index (χ0) is 14.4. The van der Waals surface area contributed by atoms with Crippen molar-refractivity contribution >= 4 is 11.6 Å². The Bertz CT molecular complexity index is 601. The Morgan fingerprint density at radius 1 is 1.30 bits per heavy atom. The Morgan fingerprint density at radius 3 is 2.90 bits per heavy atom. The third-order valence-electron chi connectivity index (χ3n) is 2.72. The van der Waals surface area contributed by atoms with Gasteiger partial charge in [0.2, 0.25) is 0 Å². The summed E-state index contributed by atoms with van der Waals surface area (Å²) in [5.74, 6) is -0.469. The van der Waals surface area contributed by atoms with E-state index in [4.69, 9.17) is 0 Å². The molecule has 0 saturated carbocycles. The van der Waals surface area contributed by atoms with Gasteiger partial charge in [-0.1, -0.05) is 12.1 Å². The molecule has 0 radical (unpaired) electrons. The van der Waals surface area contributed by atoms with Gasteiger partial charge in [-0.2, -0.15) is 0 Å². The van der Waals surface area contributed by atoms with Crippen LogP contribution in [0.2, 0.25) is 0 Å². The number of carbonyl (C=O) groups excluding carboxylic acids is 1. The Balaban J connectivity index is 2.03. The van der Waals surface area contributed by atoms with Gasteiger partial charge in [0.15, 0.2) is 0 Å². The Morgan fingerprint density at radius 2 is 2.15 bits per heavy atom. The minimum atomic E-state index is -0.262. The number of hydrogen-bond acceptors (Lipinski definition) is 3. The molecular weight excluding hydrogens is 257 g/mol. The number of pyridine rings is 1. The quantitative estimate of drug-likeness (QED) is 0.880. The SMILES string of the molecule is CCNC(=O)c1cc(NCc2cccc(F)c2)ccn1. The molecule has 0 saturated heterocycles. The number of carbonyl (C=O) groups is 1. The fourth-order valence-corrected chi connectivity index (χ4v) is 1.77. The highest BCUT2D eigenvalue weighted by Crippen LogP contribution is 2.11. The average molecular weight is 273 g/mol. The molecule has 1 heterocycles. The number of nitrogens with zero attached hydrogens (tertiary/aromatic N) is 1. The van der Waals surface area contributed by atoms with E-state index in [-0.39, 0.29) is 11.7 Å². The van der Waals surface area contributed by atoms with Crippen LogP contribution < -0.4 is 10.6 Å². The van der Waals surface area contributed by atoms with Crippen molar-refractivity contribution in [3.05, 3.63) is 59.7 Å². The van der Waals surface area contributed by atoms with Gasteiger partial charge in [0, 0.05) is 25.0 Å². The van der Waals surface area contributed by atoms with Crippen molar-refractivity contribution in [2.45, 2.75) is 13.5 Å². The molecule has 0 aliphatic carbocycles. The van der Waals surface area contributed by atoms with Gasteiger partial charge in [-0.25, -0.2) is 4.39 Å². The highest BCUT2D eigenvalue weighted by atomic mass is 19.1. The second-order valence-electron chi connectivity index (χ2n) is 4.27. The lowest BCUT2D eigenvalue weighted by Crippen LogP contribution is -2.23. The molecule has 2 rings (SSSR count). The highest BCUT2D eigenvalue weighted by Gasteiger charge is 2.06. The Kier molecular flexibility index (Phi) is 4.65. The second-order valence-corrected chi connectivity index (χ2v) is 4.27. The predicted octanol–water partition coefficient (Wildman–Crippen LogP) is 2.58. The smallest absolute Gasteiger partial charge is 0.269 e. The summed E-state index contributed by atoms with van der Waals surface area (Å²) in [4.78, 5) is 15.7. The van der Waals surface area contributed by atoms with Gasteiger partial charge in [0.1, 0.15) is 11.5 Å². The zero-order valence-corrected chi connectivity index (χ0v) is 11.2. The molecule has 104 valence electrons. The van der Waals surface area contributed by atoms with E-state index >= 15 is 0 Å². The molecule has 0 aliphatic rings. The summed E-state index contributed by atoms with van der Waals surface area (Å²) in [7, 11) is 0. The number of anilines is 1. The minimum Gasteiger partial charge on any atom is -0.381 e. The highest BCUT2D eigenvalue weighted by molar-refractivity contribution is 5.93. The predicted molar refractivity (Wildman–Crippen MR) is 76.0 cm³/mol. The summed E-state index contributed by atoms with van der Waals surface area (Å²) in [6.45, 7) is 2.89. The van der Waals surface area contributed by atoms with E-state index in [0.717, 1.165) is 11.3 Å². The molecule has 0 atom stereocenters. The lowest BCUT2D eigenvalue weighted by atomic mass is 10.2. The lowest BCUT2D eigenvalue weighted by molar-refractivity contribution is 0.0951. The number of hydrogen-bond donors (Lipinski definition) is 2. The van der Waals surface area contributed by atoms with Crippen molar-refractivity contribution in [2.75, 3.05) is 11.9 Å². The third-order valence-corrected chi connectivity index (χ3v) is 2.72. The largest absolute Gasteiger partial charge is 0.381 e. The number of amides is 1. The van der Waals surface area contributed by atoms with Gasteiger partial charge in [-0.05, 0) is 36.8 Å². The molecule has 0 fully saturated rings. The first-order valence-electron chi connectivity index (χ1n) is 6.41. The van der Waals surface area contributed by atoms with Crippen LogP contribution in [0.25, 0.3) is 0 Å². The van der Waals surface area contributed by atoms with Gasteiger partial charge in [0.25, 0.3) is 5.91 Å². The molecule has 5 heteroatoms. The second kappa shape index (κ2) is 6.65. The van der Waals surface area contributed by atoms with Crippen LogP contribution in [0.1, 0.15) is 23.0 Å². The van der Waals surface area contributed by atoms with E-state index in [1.165, 1.54) is 12.1 Å². The van der Waals surface area contributed by atoms with Crippen molar-refractivity contribution < 1.29 is 9.18 Å². The molecule has 1 aromatic carbocycles. The summed E-state index contributed by atoms with van der Waals surface area (Å²) < 4.78 is 13.1. The van der Waals surface area contributed by atoms with Gasteiger partial charge >= 0.3 is 0 Å². The topological polar surface area (TPSA) is 54.0 Å². The fourth-order valence-electron chi connectivity index (χ4n) is 1.77. The van der Waals surface area contributed by atoms with E-state index in [9.17, 15) is 9.18 Å². The maximum absolute atomic E-state index is 13.1. The van der Waals surface area contributed by atoms with Crippen molar-refractivity contribution in [3.8, 4) is 0 Å². The number of benzene rings is 1. The number of nitrogens with one attached hydrogen (secondary N) is 2. The van der Waals surface area contributed by atoms with E-state index < -0.39 is 0 Å². The lowest BCUT2D eigenvalue weighted by Gasteiger charge is -2.08. The van der Waals surface area contributed by atoms with Gasteiger partial charge < -0.3 is 10.6 Å². The van der Waals surface area contributed by atoms with Crippen LogP contribution in [0.5, 0.6) is 0 Å². The molecule has 2 aromatic rings. The van der Waals surface area contributed by atoms with E-state index in [0.29, 0.717) is 18.8 Å². The molecule has 2 N–H and O–H groups in total. The molecule has 0 unspecified atom stereocenters. The third kappa shape index (κ3) is 3.78. The van der Waals surface area contributed by atoms with Gasteiger partial charge in [-0.3, -0.25) is 9.78 Å². The van der Waals surface area contributed by atoms with Crippen molar-refractivity contribution in [1.29, 1.82) is 0 Å². The van der Waals surface area contributed by atoms with Crippen molar-refractivity contribution in [3.63, 3.8) is 0 Å². The van der Waals surface area contributed by atoms with Crippen LogP contribution in [-0.4, -0.2) is 17.4 Å². The summed E-state index contributed by atoms with van der Waals surface area (Å²) in [5, 5.41) is 5.83. The Hall–Kier alpha value is -2.43. The normalized spacial score (nSPS) is 10.1. The molecule has 1 aromatic heterocycles. The summed E-state index contributed by atoms with van der Waals surface area (Å²) in [6, 6.07) is 9.81. The summed E-state index contributed by atoms with van der Waals surface area (Å²) in [6.07, 6.45) is 1.57. The van der Waals surface area contributed by atoms with Gasteiger partial charge in [-0.15, -0.1) is 0 Å². The van der Waals surface area contributed by atoms with Crippen LogP contribution in [0, 0.1) is 5.82 Å². The molecular formula is C15H16FN3O. The molecule has 0 aliphatic heterocycles. The van der Waals surface area contributed by atoms with E-state index in [2.05, 4.69) is 15.6 Å². The van der Waals surface area contributed by atoms with Crippen LogP contribution in [0.4, 0.5) is 10.1 Å². The van der Waals surface area contributed by atoms with Gasteiger partial charge in [0.05, 0.1) is 0 Å². The molecule has 0 bridgehead atoms. The zero-order valence-electron chi connectivity index (χ0n) is 11.2. The van der Waals surface area contributed by atoms with Crippen LogP contribution in [0.15, 0.2) is 42.6 Å². The maximum Gasteiger partial charge on any atom is 0.269 e. The molecule has 4 nitrogen and oxygen atoms in total. The molecule has 1 amide bonds. The van der Waals surface area contributed by atoms with Crippen LogP contribution in [-0.2, 0) is 6.54 Å². The molecule has 0 spiro atoms. The van der Waals surface area contributed by atoms with Crippen molar-refractivity contribution in [2.24, 2.45) is 0 Å². The monoisotopic (exact) mass is 273 g/mol. The summed E-state index contributed by atoms with van der Waals surface area (Å²) >= 11 is 0. The first kappa shape index (κ1) is 14.0. The number of halogens is 1. The molecule has 20 heavy (non-hydrogen) atoms. The average Bonchev–Trinajstić information content (AvgIpc) is 2.46. The fraction of sp³-hybridized carbons (Fsp3) is 0.200. The number of rotatable bonds is 5. The van der Waals surface area contributed by atoms with Crippen LogP contribution in [0.3, 0.4) is 0 Å². The van der Waals surface area contributed by atoms with Crippen LogP contribution >= 0.6 is 0 Å². The van der Waals surface area contributed by atoms with E-state index in [1.54, 1.807) is 24.4 Å². The maximum atomic E-state index is 13.1. The minimum absolute atomic E-state index is 0.207. The number of aromatic nitrogens is 1. The first-order valence-corrected chi connectivity index (χ1v) is 6.41. The first-order chi connectivity index (χ1) is 9.69. The Labute approximate surface area is 117 Å². The summed E-state index contributed by atoms with van der Waals surface area (Å²) in [5.41, 5.74) is 1.96.